The second kappa shape index (κ2) is 9.53. The zero-order chi connectivity index (χ0) is 22.8. The molecule has 3 N–H and O–H groups in total. The summed E-state index contributed by atoms with van der Waals surface area (Å²) in [6.45, 7) is 6.79. The van der Waals surface area contributed by atoms with Gasteiger partial charge >= 0.3 is 0 Å². The number of piperidine rings is 1. The molecule has 2 aromatic carbocycles. The second-order valence-electron chi connectivity index (χ2n) is 9.06. The van der Waals surface area contributed by atoms with Crippen LogP contribution < -0.4 is 16.0 Å². The predicted octanol–water partition coefficient (Wildman–Crippen LogP) is 5.07. The van der Waals surface area contributed by atoms with E-state index in [1.165, 1.54) is 55.8 Å². The zero-order valence-electron chi connectivity index (χ0n) is 19.1. The number of nitrogens with zero attached hydrogens (tertiary/aromatic N) is 3. The van der Waals surface area contributed by atoms with Crippen LogP contribution in [0.3, 0.4) is 0 Å². The minimum Gasteiger partial charge on any atom is -0.382 e. The van der Waals surface area contributed by atoms with Gasteiger partial charge in [0.15, 0.2) is 5.13 Å². The first kappa shape index (κ1) is 21.9. The molecular weight excluding hydrogens is 430 g/mol. The highest BCUT2D eigenvalue weighted by atomic mass is 32.1. The first-order chi connectivity index (χ1) is 16.1. The van der Waals surface area contributed by atoms with Crippen LogP contribution in [0.5, 0.6) is 0 Å². The average Bonchev–Trinajstić information content (AvgIpc) is 3.50. The van der Waals surface area contributed by atoms with Gasteiger partial charge in [-0.3, -0.25) is 4.79 Å². The van der Waals surface area contributed by atoms with Gasteiger partial charge in [-0.05, 0) is 70.0 Å². The maximum Gasteiger partial charge on any atom is 0.206 e. The summed E-state index contributed by atoms with van der Waals surface area (Å²) in [5, 5.41) is 3.93. The van der Waals surface area contributed by atoms with Gasteiger partial charge in [0.1, 0.15) is 10.7 Å². The van der Waals surface area contributed by atoms with E-state index in [4.69, 9.17) is 5.73 Å². The number of rotatable bonds is 6. The molecule has 0 aliphatic carbocycles. The fourth-order valence-corrected chi connectivity index (χ4v) is 5.73. The van der Waals surface area contributed by atoms with Crippen molar-refractivity contribution in [1.82, 2.24) is 9.88 Å². The van der Waals surface area contributed by atoms with Gasteiger partial charge in [-0.2, -0.15) is 0 Å². The molecule has 0 unspecified atom stereocenters. The minimum atomic E-state index is -0.0919. The number of aromatic nitrogens is 1. The van der Waals surface area contributed by atoms with Crippen LogP contribution in [0.2, 0.25) is 0 Å². The van der Waals surface area contributed by atoms with E-state index in [2.05, 4.69) is 44.4 Å². The molecule has 0 radical (unpaired) electrons. The van der Waals surface area contributed by atoms with Crippen LogP contribution in [0.15, 0.2) is 48.5 Å². The Bertz CT molecular complexity index is 1090. The summed E-state index contributed by atoms with van der Waals surface area (Å²) < 4.78 is 0. The Morgan fingerprint density at radius 1 is 1.00 bits per heavy atom. The molecule has 6 nitrogen and oxygen atoms in total. The van der Waals surface area contributed by atoms with Crippen molar-refractivity contribution in [1.29, 1.82) is 0 Å². The monoisotopic (exact) mass is 461 g/mol. The van der Waals surface area contributed by atoms with Gasteiger partial charge in [0.25, 0.3) is 0 Å². The maximum absolute atomic E-state index is 12.8. The zero-order valence-corrected chi connectivity index (χ0v) is 19.9. The molecule has 0 atom stereocenters. The lowest BCUT2D eigenvalue weighted by Crippen LogP contribution is -2.43. The predicted molar refractivity (Wildman–Crippen MR) is 137 cm³/mol. The lowest BCUT2D eigenvalue weighted by molar-refractivity contribution is 0.104. The highest BCUT2D eigenvalue weighted by Crippen LogP contribution is 2.31. The first-order valence-electron chi connectivity index (χ1n) is 11.8. The number of nitrogen functional groups attached to an aromatic ring is 1. The lowest BCUT2D eigenvalue weighted by atomic mass is 10.0. The third kappa shape index (κ3) is 4.89. The number of benzene rings is 2. The Morgan fingerprint density at radius 2 is 1.67 bits per heavy atom. The van der Waals surface area contributed by atoms with E-state index in [-0.39, 0.29) is 11.6 Å². The van der Waals surface area contributed by atoms with Crippen LogP contribution >= 0.6 is 11.3 Å². The molecule has 3 aromatic rings. The molecule has 0 amide bonds. The minimum absolute atomic E-state index is 0.0919. The summed E-state index contributed by atoms with van der Waals surface area (Å²) in [6.07, 6.45) is 5.22. The quantitative estimate of drug-likeness (QED) is 0.499. The summed E-state index contributed by atoms with van der Waals surface area (Å²) in [7, 11) is 0. The van der Waals surface area contributed by atoms with Crippen molar-refractivity contribution in [3.8, 4) is 0 Å². The van der Waals surface area contributed by atoms with E-state index < -0.39 is 0 Å². The Kier molecular flexibility index (Phi) is 6.33. The van der Waals surface area contributed by atoms with Crippen molar-refractivity contribution in [2.75, 3.05) is 42.1 Å². The van der Waals surface area contributed by atoms with E-state index >= 15 is 0 Å². The molecule has 2 saturated heterocycles. The van der Waals surface area contributed by atoms with Crippen molar-refractivity contribution in [2.24, 2.45) is 0 Å². The van der Waals surface area contributed by atoms with Crippen molar-refractivity contribution >= 4 is 39.4 Å². The van der Waals surface area contributed by atoms with Gasteiger partial charge in [0, 0.05) is 36.1 Å². The molecule has 5 rings (SSSR count). The van der Waals surface area contributed by atoms with Crippen LogP contribution in [0.25, 0.3) is 0 Å². The molecule has 0 saturated carbocycles. The Morgan fingerprint density at radius 3 is 2.33 bits per heavy atom. The maximum atomic E-state index is 12.8. The number of carbonyl (C=O) groups is 1. The third-order valence-electron chi connectivity index (χ3n) is 6.78. The molecule has 33 heavy (non-hydrogen) atoms. The lowest BCUT2D eigenvalue weighted by Gasteiger charge is -2.37. The number of ketones is 1. The standard InChI is InChI=1S/C26H31N5OS/c1-18-4-6-19(7-5-18)23(32)24-25(27)29-26(33-24)28-20-8-10-21(11-9-20)31-16-12-22(13-17-31)30-14-2-3-15-30/h4-11,22H,2-3,12-17,27H2,1H3,(H,28,29). The average molecular weight is 462 g/mol. The summed E-state index contributed by atoms with van der Waals surface area (Å²) in [4.78, 5) is 22.8. The van der Waals surface area contributed by atoms with E-state index in [1.807, 2.05) is 31.2 Å². The first-order valence-corrected chi connectivity index (χ1v) is 12.6. The molecule has 2 aliphatic heterocycles. The van der Waals surface area contributed by atoms with E-state index in [1.54, 1.807) is 0 Å². The van der Waals surface area contributed by atoms with E-state index in [9.17, 15) is 4.79 Å². The number of hydrogen-bond acceptors (Lipinski definition) is 7. The molecular formula is C26H31N5OS. The molecule has 3 heterocycles. The molecule has 2 fully saturated rings. The normalized spacial score (nSPS) is 17.4. The van der Waals surface area contributed by atoms with Crippen molar-refractivity contribution < 1.29 is 4.79 Å². The Balaban J connectivity index is 1.20. The second-order valence-corrected chi connectivity index (χ2v) is 10.1. The van der Waals surface area contributed by atoms with Crippen LogP contribution in [0, 0.1) is 6.92 Å². The van der Waals surface area contributed by atoms with Crippen LogP contribution in [-0.4, -0.2) is 47.9 Å². The Hall–Kier alpha value is -2.90. The highest BCUT2D eigenvalue weighted by molar-refractivity contribution is 7.18. The summed E-state index contributed by atoms with van der Waals surface area (Å²) >= 11 is 1.29. The van der Waals surface area contributed by atoms with Gasteiger partial charge in [0.05, 0.1) is 0 Å². The number of likely N-dealkylation sites (tertiary alicyclic amines) is 1. The van der Waals surface area contributed by atoms with Crippen molar-refractivity contribution in [2.45, 2.75) is 38.6 Å². The van der Waals surface area contributed by atoms with Gasteiger partial charge in [-0.15, -0.1) is 0 Å². The number of hydrogen-bond donors (Lipinski definition) is 2. The SMILES string of the molecule is Cc1ccc(C(=O)c2sc(Nc3ccc(N4CCC(N5CCCC5)CC4)cc3)nc2N)cc1. The van der Waals surface area contributed by atoms with E-state index in [0.29, 0.717) is 15.6 Å². The fraction of sp³-hybridized carbons (Fsp3) is 0.385. The van der Waals surface area contributed by atoms with Crippen LogP contribution in [-0.2, 0) is 0 Å². The number of nitrogens with two attached hydrogens (primary N) is 1. The van der Waals surface area contributed by atoms with Crippen molar-refractivity contribution in [3.05, 3.63) is 64.5 Å². The molecule has 0 bridgehead atoms. The van der Waals surface area contributed by atoms with Crippen LogP contribution in [0.4, 0.5) is 22.3 Å². The third-order valence-corrected chi connectivity index (χ3v) is 7.76. The molecule has 1 aromatic heterocycles. The number of aryl methyl sites for hydroxylation is 1. The molecule has 2 aliphatic rings. The van der Waals surface area contributed by atoms with Gasteiger partial charge in [0.2, 0.25) is 5.78 Å². The number of anilines is 4. The highest BCUT2D eigenvalue weighted by Gasteiger charge is 2.26. The summed E-state index contributed by atoms with van der Waals surface area (Å²) in [5.41, 5.74) is 10.0. The van der Waals surface area contributed by atoms with Crippen LogP contribution in [0.1, 0.15) is 46.5 Å². The van der Waals surface area contributed by atoms with E-state index in [0.717, 1.165) is 30.4 Å². The largest absolute Gasteiger partial charge is 0.382 e. The molecule has 7 heteroatoms. The fourth-order valence-electron chi connectivity index (χ4n) is 4.86. The molecule has 0 spiro atoms. The van der Waals surface area contributed by atoms with Crippen molar-refractivity contribution in [3.63, 3.8) is 0 Å². The topological polar surface area (TPSA) is 74.5 Å². The van der Waals surface area contributed by atoms with Gasteiger partial charge in [-0.1, -0.05) is 41.2 Å². The molecule has 172 valence electrons. The number of carbonyl (C=O) groups excluding carboxylic acids is 1. The summed E-state index contributed by atoms with van der Waals surface area (Å²) in [6, 6.07) is 16.7. The number of nitrogens with one attached hydrogen (secondary N) is 1. The smallest absolute Gasteiger partial charge is 0.206 e. The van der Waals surface area contributed by atoms with Gasteiger partial charge in [-0.25, -0.2) is 4.98 Å². The van der Waals surface area contributed by atoms with Gasteiger partial charge < -0.3 is 20.9 Å². The Labute approximate surface area is 199 Å². The summed E-state index contributed by atoms with van der Waals surface area (Å²) in [5.74, 6) is 0.177. The number of thiazole rings is 1.